The van der Waals surface area contributed by atoms with E-state index in [4.69, 9.17) is 23.2 Å². The molecule has 0 saturated heterocycles. The normalized spacial score (nSPS) is 11.6. The average Bonchev–Trinajstić information content (AvgIpc) is 3.04. The molecule has 0 aliphatic heterocycles. The molecule has 0 aliphatic carbocycles. The number of hydrogen-bond acceptors (Lipinski definition) is 4. The third kappa shape index (κ3) is 7.90. The Labute approximate surface area is 271 Å². The summed E-state index contributed by atoms with van der Waals surface area (Å²) in [7, 11) is -4.34. The van der Waals surface area contributed by atoms with Gasteiger partial charge in [0.25, 0.3) is 5.91 Å². The molecule has 0 saturated carbocycles. The number of phenolic OH excluding ortho intramolecular Hbond substituents is 1. The van der Waals surface area contributed by atoms with Gasteiger partial charge in [-0.1, -0.05) is 108 Å². The molecule has 45 heavy (non-hydrogen) atoms. The highest BCUT2D eigenvalue weighted by molar-refractivity contribution is 7.89. The summed E-state index contributed by atoms with van der Waals surface area (Å²) in [6.07, 6.45) is 0. The van der Waals surface area contributed by atoms with Crippen LogP contribution in [0, 0.1) is 5.82 Å². The van der Waals surface area contributed by atoms with E-state index in [-0.39, 0.29) is 35.0 Å². The molecule has 0 spiro atoms. The minimum Gasteiger partial charge on any atom is -0.505 e. The van der Waals surface area contributed by atoms with Gasteiger partial charge in [0.1, 0.15) is 10.7 Å². The number of sulfonamides is 1. The molecule has 5 aromatic carbocycles. The van der Waals surface area contributed by atoms with Crippen molar-refractivity contribution >= 4 is 39.1 Å². The van der Waals surface area contributed by atoms with Crippen LogP contribution in [-0.4, -0.2) is 30.3 Å². The van der Waals surface area contributed by atoms with Crippen LogP contribution in [0.15, 0.2) is 126 Å². The van der Waals surface area contributed by atoms with Crippen molar-refractivity contribution in [3.8, 4) is 5.75 Å². The van der Waals surface area contributed by atoms with E-state index in [9.17, 15) is 22.7 Å². The van der Waals surface area contributed by atoms with Gasteiger partial charge in [-0.3, -0.25) is 4.79 Å². The first-order valence-corrected chi connectivity index (χ1v) is 16.2. The maximum absolute atomic E-state index is 13.8. The maximum Gasteiger partial charge on any atom is 0.251 e. The number of halogens is 3. The summed E-state index contributed by atoms with van der Waals surface area (Å²) >= 11 is 12.1. The summed E-state index contributed by atoms with van der Waals surface area (Å²) in [6.45, 7) is 0.133. The monoisotopic (exact) mass is 662 g/mol. The summed E-state index contributed by atoms with van der Waals surface area (Å²) in [6, 6.07) is 34.3. The molecule has 0 heterocycles. The molecule has 1 amide bonds. The van der Waals surface area contributed by atoms with Gasteiger partial charge in [-0.15, -0.1) is 0 Å². The largest absolute Gasteiger partial charge is 0.505 e. The zero-order valence-corrected chi connectivity index (χ0v) is 26.2. The first kappa shape index (κ1) is 32.2. The molecule has 5 rings (SSSR count). The van der Waals surface area contributed by atoms with Gasteiger partial charge in [-0.05, 0) is 58.7 Å². The Morgan fingerprint density at radius 1 is 0.778 bits per heavy atom. The van der Waals surface area contributed by atoms with E-state index in [1.54, 1.807) is 24.3 Å². The maximum atomic E-state index is 13.8. The third-order valence-electron chi connectivity index (χ3n) is 7.33. The van der Waals surface area contributed by atoms with Crippen molar-refractivity contribution in [1.29, 1.82) is 0 Å². The minimum atomic E-state index is -4.34. The van der Waals surface area contributed by atoms with Gasteiger partial charge < -0.3 is 10.4 Å². The van der Waals surface area contributed by atoms with Gasteiger partial charge in [0.05, 0.1) is 5.02 Å². The average molecular weight is 664 g/mol. The number of benzene rings is 5. The van der Waals surface area contributed by atoms with Crippen LogP contribution in [0.1, 0.15) is 38.5 Å². The lowest BCUT2D eigenvalue weighted by Crippen LogP contribution is -2.31. The number of aromatic hydroxyl groups is 1. The van der Waals surface area contributed by atoms with Crippen LogP contribution in [0.2, 0.25) is 10.0 Å². The quantitative estimate of drug-likeness (QED) is 0.151. The molecule has 0 atom stereocenters. The summed E-state index contributed by atoms with van der Waals surface area (Å²) in [5, 5.41) is 13.4. The van der Waals surface area contributed by atoms with Crippen LogP contribution in [0.5, 0.6) is 5.75 Å². The molecular formula is C35H29Cl2FN2O4S. The summed E-state index contributed by atoms with van der Waals surface area (Å²) < 4.78 is 42.3. The van der Waals surface area contributed by atoms with Gasteiger partial charge in [-0.25, -0.2) is 12.8 Å². The van der Waals surface area contributed by atoms with Gasteiger partial charge in [0.2, 0.25) is 10.0 Å². The van der Waals surface area contributed by atoms with E-state index in [2.05, 4.69) is 5.32 Å². The van der Waals surface area contributed by atoms with Crippen molar-refractivity contribution in [2.45, 2.75) is 23.9 Å². The molecule has 0 aromatic heterocycles. The fraction of sp³-hybridized carbons (Fsp3) is 0.114. The van der Waals surface area contributed by atoms with Crippen LogP contribution >= 0.6 is 23.2 Å². The SMILES string of the molecule is O=C(NCC(c1ccccc1)c1ccccc1)c1ccc(CN(Cc2ccc(F)cc2)S(=O)(=O)c2cc(Cl)cc(Cl)c2O)cc1. The molecule has 2 N–H and O–H groups in total. The molecule has 6 nitrogen and oxygen atoms in total. The van der Waals surface area contributed by atoms with Crippen LogP contribution in [-0.2, 0) is 23.1 Å². The highest BCUT2D eigenvalue weighted by Crippen LogP contribution is 2.36. The highest BCUT2D eigenvalue weighted by Gasteiger charge is 2.29. The summed E-state index contributed by atoms with van der Waals surface area (Å²) in [5.41, 5.74) is 3.67. The number of carbonyl (C=O) groups excluding carboxylic acids is 1. The van der Waals surface area contributed by atoms with Crippen LogP contribution in [0.3, 0.4) is 0 Å². The minimum absolute atomic E-state index is 0.0373. The van der Waals surface area contributed by atoms with E-state index < -0.39 is 26.5 Å². The van der Waals surface area contributed by atoms with E-state index >= 15 is 0 Å². The van der Waals surface area contributed by atoms with Gasteiger partial charge in [0, 0.05) is 36.1 Å². The second kappa shape index (κ2) is 14.3. The predicted octanol–water partition coefficient (Wildman–Crippen LogP) is 7.79. The van der Waals surface area contributed by atoms with Crippen molar-refractivity contribution in [2.24, 2.45) is 0 Å². The molecular weight excluding hydrogens is 634 g/mol. The topological polar surface area (TPSA) is 86.7 Å². The second-order valence-corrected chi connectivity index (χ2v) is 13.2. The highest BCUT2D eigenvalue weighted by atomic mass is 35.5. The molecule has 0 aliphatic rings. The number of hydrogen-bond donors (Lipinski definition) is 2. The summed E-state index contributed by atoms with van der Waals surface area (Å²) in [5.74, 6) is -1.40. The van der Waals surface area contributed by atoms with Crippen LogP contribution in [0.4, 0.5) is 4.39 Å². The van der Waals surface area contributed by atoms with Gasteiger partial charge in [0.15, 0.2) is 5.75 Å². The van der Waals surface area contributed by atoms with Crippen LogP contribution < -0.4 is 5.32 Å². The number of rotatable bonds is 11. The molecule has 230 valence electrons. The Balaban J connectivity index is 1.36. The standard InChI is InChI=1S/C35H29Cl2FN2O4S/c36-29-19-32(37)34(41)33(20-29)45(43,44)40(23-25-13-17-30(38)18-14-25)22-24-11-15-28(16-12-24)35(42)39-21-31(26-7-3-1-4-8-26)27-9-5-2-6-10-27/h1-20,31,41H,21-23H2,(H,39,42). The summed E-state index contributed by atoms with van der Waals surface area (Å²) in [4.78, 5) is 12.7. The molecule has 0 fully saturated rings. The Bertz CT molecular complexity index is 1830. The lowest BCUT2D eigenvalue weighted by atomic mass is 9.91. The van der Waals surface area contributed by atoms with Crippen molar-refractivity contribution in [1.82, 2.24) is 9.62 Å². The zero-order valence-electron chi connectivity index (χ0n) is 23.9. The Morgan fingerprint density at radius 3 is 1.82 bits per heavy atom. The number of phenols is 1. The molecule has 10 heteroatoms. The van der Waals surface area contributed by atoms with Gasteiger partial charge >= 0.3 is 0 Å². The first-order chi connectivity index (χ1) is 21.6. The fourth-order valence-corrected chi connectivity index (χ4v) is 7.12. The second-order valence-electron chi connectivity index (χ2n) is 10.4. The van der Waals surface area contributed by atoms with E-state index in [1.807, 2.05) is 60.7 Å². The number of carbonyl (C=O) groups is 1. The predicted molar refractivity (Wildman–Crippen MR) is 174 cm³/mol. The fourth-order valence-electron chi connectivity index (χ4n) is 4.96. The first-order valence-electron chi connectivity index (χ1n) is 14.0. The number of nitrogens with zero attached hydrogens (tertiary/aromatic N) is 1. The lowest BCUT2D eigenvalue weighted by Gasteiger charge is -2.23. The smallest absolute Gasteiger partial charge is 0.251 e. The van der Waals surface area contributed by atoms with Crippen molar-refractivity contribution in [3.63, 3.8) is 0 Å². The molecule has 5 aromatic rings. The van der Waals surface area contributed by atoms with E-state index in [0.717, 1.165) is 21.5 Å². The van der Waals surface area contributed by atoms with Crippen molar-refractivity contribution < 1.29 is 22.7 Å². The van der Waals surface area contributed by atoms with E-state index in [1.165, 1.54) is 30.3 Å². The van der Waals surface area contributed by atoms with Crippen molar-refractivity contribution in [3.05, 3.63) is 165 Å². The molecule has 0 radical (unpaired) electrons. The lowest BCUT2D eigenvalue weighted by molar-refractivity contribution is 0.0952. The van der Waals surface area contributed by atoms with Crippen LogP contribution in [0.25, 0.3) is 0 Å². The van der Waals surface area contributed by atoms with Crippen molar-refractivity contribution in [2.75, 3.05) is 6.54 Å². The molecule has 0 unspecified atom stereocenters. The molecule has 0 bridgehead atoms. The van der Waals surface area contributed by atoms with Gasteiger partial charge in [-0.2, -0.15) is 4.31 Å². The third-order valence-corrected chi connectivity index (χ3v) is 9.64. The Hall–Kier alpha value is -4.21. The number of nitrogens with one attached hydrogen (secondary N) is 1. The Kier molecular flexibility index (Phi) is 10.2. The number of amides is 1. The zero-order chi connectivity index (χ0) is 32.0. The van der Waals surface area contributed by atoms with E-state index in [0.29, 0.717) is 23.2 Å². The Morgan fingerprint density at radius 2 is 1.29 bits per heavy atom.